The Bertz CT molecular complexity index is 862. The molecule has 0 saturated heterocycles. The zero-order valence-corrected chi connectivity index (χ0v) is 11.7. The molecule has 0 aliphatic rings. The van der Waals surface area contributed by atoms with Gasteiger partial charge in [0.25, 0.3) is 5.56 Å². The van der Waals surface area contributed by atoms with Crippen LogP contribution in [-0.4, -0.2) is 19.5 Å². The Morgan fingerprint density at radius 3 is 3.11 bits per heavy atom. The second-order valence-corrected chi connectivity index (χ2v) is 5.38. The first kappa shape index (κ1) is 12.2. The standard InChI is InChI=1S/C12H10N4OS2/c1-7-13-4-2-8(14-7)6-16-11(17)10-9(3-5-19-10)15-12(16)18/h2-5H,6H2,1H3,(H,15,18). The van der Waals surface area contributed by atoms with Crippen LogP contribution in [0.4, 0.5) is 0 Å². The molecule has 7 heteroatoms. The maximum absolute atomic E-state index is 12.3. The summed E-state index contributed by atoms with van der Waals surface area (Å²) in [6.45, 7) is 2.17. The van der Waals surface area contributed by atoms with Gasteiger partial charge in [0.15, 0.2) is 4.77 Å². The lowest BCUT2D eigenvalue weighted by Gasteiger charge is -2.06. The van der Waals surface area contributed by atoms with Crippen LogP contribution in [-0.2, 0) is 6.54 Å². The smallest absolute Gasteiger partial charge is 0.272 e. The van der Waals surface area contributed by atoms with Gasteiger partial charge in [0.05, 0.1) is 17.8 Å². The SMILES string of the molecule is Cc1nccc(Cn2c(=S)[nH]c3ccsc3c2=O)n1. The van der Waals surface area contributed by atoms with Crippen LogP contribution in [0.25, 0.3) is 10.2 Å². The van der Waals surface area contributed by atoms with Crippen LogP contribution in [0.1, 0.15) is 11.5 Å². The molecule has 96 valence electrons. The molecule has 0 fully saturated rings. The van der Waals surface area contributed by atoms with Crippen molar-refractivity contribution < 1.29 is 0 Å². The number of thiophene rings is 1. The third-order valence-electron chi connectivity index (χ3n) is 2.75. The second-order valence-electron chi connectivity index (χ2n) is 4.08. The summed E-state index contributed by atoms with van der Waals surface area (Å²) in [4.78, 5) is 23.7. The Morgan fingerprint density at radius 1 is 1.47 bits per heavy atom. The summed E-state index contributed by atoms with van der Waals surface area (Å²) in [5.74, 6) is 0.678. The summed E-state index contributed by atoms with van der Waals surface area (Å²) >= 11 is 6.64. The lowest BCUT2D eigenvalue weighted by Crippen LogP contribution is -2.22. The van der Waals surface area contributed by atoms with Gasteiger partial charge in [-0.05, 0) is 36.7 Å². The van der Waals surface area contributed by atoms with Crippen molar-refractivity contribution in [2.45, 2.75) is 13.5 Å². The van der Waals surface area contributed by atoms with E-state index in [4.69, 9.17) is 12.2 Å². The monoisotopic (exact) mass is 290 g/mol. The number of hydrogen-bond acceptors (Lipinski definition) is 5. The molecular weight excluding hydrogens is 280 g/mol. The van der Waals surface area contributed by atoms with Gasteiger partial charge in [0.1, 0.15) is 10.5 Å². The normalized spacial score (nSPS) is 11.0. The summed E-state index contributed by atoms with van der Waals surface area (Å²) in [6, 6.07) is 3.64. The minimum Gasteiger partial charge on any atom is -0.331 e. The largest absolute Gasteiger partial charge is 0.331 e. The molecule has 3 heterocycles. The molecule has 5 nitrogen and oxygen atoms in total. The predicted octanol–water partition coefficient (Wildman–Crippen LogP) is 2.27. The van der Waals surface area contributed by atoms with Crippen LogP contribution < -0.4 is 5.56 Å². The first-order valence-corrected chi connectivity index (χ1v) is 6.93. The maximum atomic E-state index is 12.3. The predicted molar refractivity (Wildman–Crippen MR) is 77.1 cm³/mol. The van der Waals surface area contributed by atoms with Gasteiger partial charge in [-0.25, -0.2) is 9.97 Å². The van der Waals surface area contributed by atoms with E-state index in [0.29, 0.717) is 21.8 Å². The lowest BCUT2D eigenvalue weighted by molar-refractivity contribution is 0.711. The number of rotatable bonds is 2. The molecule has 1 N–H and O–H groups in total. The molecule has 3 rings (SSSR count). The van der Waals surface area contributed by atoms with E-state index in [1.165, 1.54) is 15.9 Å². The first-order chi connectivity index (χ1) is 9.15. The van der Waals surface area contributed by atoms with Gasteiger partial charge in [0, 0.05) is 6.20 Å². The van der Waals surface area contributed by atoms with Crippen molar-refractivity contribution in [3.63, 3.8) is 0 Å². The lowest BCUT2D eigenvalue weighted by atomic mass is 10.4. The number of nitrogens with zero attached hydrogens (tertiary/aromatic N) is 3. The van der Waals surface area contributed by atoms with Gasteiger partial charge in [-0.2, -0.15) is 0 Å². The molecule has 0 unspecified atom stereocenters. The molecular formula is C12H10N4OS2. The van der Waals surface area contributed by atoms with Crippen molar-refractivity contribution in [2.75, 3.05) is 0 Å². The highest BCUT2D eigenvalue weighted by Crippen LogP contribution is 2.14. The fourth-order valence-corrected chi connectivity index (χ4v) is 2.92. The molecule has 0 bridgehead atoms. The third kappa shape index (κ3) is 2.22. The zero-order valence-electron chi connectivity index (χ0n) is 10.1. The number of aromatic amines is 1. The van der Waals surface area contributed by atoms with Gasteiger partial charge >= 0.3 is 0 Å². The van der Waals surface area contributed by atoms with Crippen molar-refractivity contribution in [2.24, 2.45) is 0 Å². The molecule has 0 radical (unpaired) electrons. The van der Waals surface area contributed by atoms with Gasteiger partial charge < -0.3 is 4.98 Å². The van der Waals surface area contributed by atoms with Crippen molar-refractivity contribution >= 4 is 33.8 Å². The average molecular weight is 290 g/mol. The quantitative estimate of drug-likeness (QED) is 0.735. The number of fused-ring (bicyclic) bond motifs is 1. The van der Waals surface area contributed by atoms with E-state index in [-0.39, 0.29) is 5.56 Å². The Kier molecular flexibility index (Phi) is 3.00. The summed E-state index contributed by atoms with van der Waals surface area (Å²) < 4.78 is 2.61. The van der Waals surface area contributed by atoms with E-state index < -0.39 is 0 Å². The van der Waals surface area contributed by atoms with Gasteiger partial charge in [0.2, 0.25) is 0 Å². The van der Waals surface area contributed by atoms with Gasteiger partial charge in [-0.1, -0.05) is 0 Å². The summed E-state index contributed by atoms with van der Waals surface area (Å²) in [6.07, 6.45) is 1.68. The summed E-state index contributed by atoms with van der Waals surface area (Å²) in [7, 11) is 0. The molecule has 19 heavy (non-hydrogen) atoms. The minimum absolute atomic E-state index is 0.0787. The number of H-pyrrole nitrogens is 1. The van der Waals surface area contributed by atoms with E-state index in [2.05, 4.69) is 15.0 Å². The Hall–Kier alpha value is -1.86. The zero-order chi connectivity index (χ0) is 13.4. The van der Waals surface area contributed by atoms with Crippen molar-refractivity contribution in [1.29, 1.82) is 0 Å². The number of aromatic nitrogens is 4. The fourth-order valence-electron chi connectivity index (χ4n) is 1.87. The Morgan fingerprint density at radius 2 is 2.32 bits per heavy atom. The van der Waals surface area contributed by atoms with E-state index >= 15 is 0 Å². The molecule has 3 aromatic heterocycles. The Balaban J connectivity index is 2.15. The van der Waals surface area contributed by atoms with Crippen LogP contribution in [0.3, 0.4) is 0 Å². The van der Waals surface area contributed by atoms with Crippen LogP contribution in [0.2, 0.25) is 0 Å². The molecule has 0 aliphatic heterocycles. The molecule has 0 spiro atoms. The molecule has 0 atom stereocenters. The fraction of sp³-hybridized carbons (Fsp3) is 0.167. The van der Waals surface area contributed by atoms with Crippen LogP contribution >= 0.6 is 23.6 Å². The second kappa shape index (κ2) is 4.67. The van der Waals surface area contributed by atoms with Crippen LogP contribution in [0.15, 0.2) is 28.5 Å². The van der Waals surface area contributed by atoms with Crippen LogP contribution in [0.5, 0.6) is 0 Å². The number of nitrogens with one attached hydrogen (secondary N) is 1. The molecule has 0 saturated carbocycles. The van der Waals surface area contributed by atoms with Gasteiger partial charge in [-0.15, -0.1) is 11.3 Å². The number of aryl methyl sites for hydroxylation is 1. The van der Waals surface area contributed by atoms with Gasteiger partial charge in [-0.3, -0.25) is 9.36 Å². The molecule has 0 aromatic carbocycles. The summed E-state index contributed by atoms with van der Waals surface area (Å²) in [5, 5.41) is 1.87. The van der Waals surface area contributed by atoms with Crippen molar-refractivity contribution in [1.82, 2.24) is 19.5 Å². The third-order valence-corrected chi connectivity index (χ3v) is 3.97. The molecule has 0 aliphatic carbocycles. The van der Waals surface area contributed by atoms with Crippen molar-refractivity contribution in [3.05, 3.63) is 50.4 Å². The average Bonchev–Trinajstić information content (AvgIpc) is 2.83. The minimum atomic E-state index is -0.0787. The van der Waals surface area contributed by atoms with Crippen LogP contribution in [0, 0.1) is 11.7 Å². The topological polar surface area (TPSA) is 63.6 Å². The highest BCUT2D eigenvalue weighted by atomic mass is 32.1. The molecule has 0 amide bonds. The van der Waals surface area contributed by atoms with E-state index in [9.17, 15) is 4.79 Å². The highest BCUT2D eigenvalue weighted by molar-refractivity contribution is 7.71. The van der Waals surface area contributed by atoms with E-state index in [1.807, 2.05) is 18.4 Å². The number of hydrogen-bond donors (Lipinski definition) is 1. The van der Waals surface area contributed by atoms with E-state index in [0.717, 1.165) is 11.2 Å². The van der Waals surface area contributed by atoms with Crippen molar-refractivity contribution in [3.8, 4) is 0 Å². The first-order valence-electron chi connectivity index (χ1n) is 5.64. The maximum Gasteiger partial charge on any atom is 0.272 e. The van der Waals surface area contributed by atoms with E-state index in [1.54, 1.807) is 12.3 Å². The highest BCUT2D eigenvalue weighted by Gasteiger charge is 2.08. The Labute approximate surface area is 117 Å². The molecule has 3 aromatic rings. The summed E-state index contributed by atoms with van der Waals surface area (Å²) in [5.41, 5.74) is 1.48.